The van der Waals surface area contributed by atoms with Crippen LogP contribution in [0.4, 0.5) is 5.82 Å². The van der Waals surface area contributed by atoms with Gasteiger partial charge in [0.25, 0.3) is 0 Å². The van der Waals surface area contributed by atoms with Crippen LogP contribution >= 0.6 is 23.2 Å². The fourth-order valence-electron chi connectivity index (χ4n) is 3.50. The number of hydrogen-bond acceptors (Lipinski definition) is 6. The SMILES string of the molecule is COc1cc(/C=C(/C#N)c2nn(-c3ccccc3)c(N)c2C#N)ccc1OCc1ccc(Cl)cc1Cl. The number of nitrogens with zero attached hydrogens (tertiary/aromatic N) is 4. The molecule has 1 heterocycles. The lowest BCUT2D eigenvalue weighted by atomic mass is 10.1. The molecule has 3 aromatic carbocycles. The van der Waals surface area contributed by atoms with Crippen LogP contribution in [0.15, 0.2) is 66.7 Å². The van der Waals surface area contributed by atoms with Crippen molar-refractivity contribution >= 4 is 40.7 Å². The molecule has 0 radical (unpaired) electrons. The topological polar surface area (TPSA) is 110 Å². The smallest absolute Gasteiger partial charge is 0.161 e. The molecule has 0 spiro atoms. The molecule has 0 atom stereocenters. The van der Waals surface area contributed by atoms with Gasteiger partial charge < -0.3 is 15.2 Å². The molecule has 0 aliphatic heterocycles. The summed E-state index contributed by atoms with van der Waals surface area (Å²) in [5, 5.41) is 25.1. The number of hydrogen-bond donors (Lipinski definition) is 1. The van der Waals surface area contributed by atoms with Gasteiger partial charge in [-0.15, -0.1) is 0 Å². The van der Waals surface area contributed by atoms with E-state index in [1.165, 1.54) is 11.8 Å². The van der Waals surface area contributed by atoms with Crippen molar-refractivity contribution in [2.24, 2.45) is 0 Å². The molecule has 4 aromatic rings. The maximum Gasteiger partial charge on any atom is 0.161 e. The third kappa shape index (κ3) is 5.13. The van der Waals surface area contributed by atoms with E-state index in [0.717, 1.165) is 5.56 Å². The fraction of sp³-hybridized carbons (Fsp3) is 0.0741. The summed E-state index contributed by atoms with van der Waals surface area (Å²) in [4.78, 5) is 0. The van der Waals surface area contributed by atoms with E-state index in [1.54, 1.807) is 42.5 Å². The molecule has 0 bridgehead atoms. The molecule has 0 aliphatic carbocycles. The molecule has 2 N–H and O–H groups in total. The molecule has 7 nitrogen and oxygen atoms in total. The van der Waals surface area contributed by atoms with E-state index in [4.69, 9.17) is 38.4 Å². The van der Waals surface area contributed by atoms with Gasteiger partial charge in [0, 0.05) is 15.6 Å². The molecule has 0 fully saturated rings. The van der Waals surface area contributed by atoms with Crippen LogP contribution in [-0.4, -0.2) is 16.9 Å². The number of anilines is 1. The molecule has 1 aromatic heterocycles. The summed E-state index contributed by atoms with van der Waals surface area (Å²) < 4.78 is 12.8. The number of methoxy groups -OCH3 is 1. The van der Waals surface area contributed by atoms with Crippen LogP contribution < -0.4 is 15.2 Å². The Labute approximate surface area is 218 Å². The van der Waals surface area contributed by atoms with Gasteiger partial charge in [-0.2, -0.15) is 15.6 Å². The first-order chi connectivity index (χ1) is 17.4. The van der Waals surface area contributed by atoms with Gasteiger partial charge in [0.2, 0.25) is 0 Å². The highest BCUT2D eigenvalue weighted by molar-refractivity contribution is 6.35. The number of benzene rings is 3. The average molecular weight is 516 g/mol. The molecule has 178 valence electrons. The van der Waals surface area contributed by atoms with E-state index in [9.17, 15) is 10.5 Å². The number of ether oxygens (including phenoxy) is 2. The van der Waals surface area contributed by atoms with Gasteiger partial charge >= 0.3 is 0 Å². The minimum Gasteiger partial charge on any atom is -0.493 e. The standard InChI is InChI=1S/C27H19Cl2N5O2/c1-35-25-12-17(7-10-24(25)36-16-18-8-9-20(28)13-23(18)29)11-19(14-30)26-22(15-31)27(32)34(33-26)21-5-3-2-4-6-21/h2-13H,16,32H2,1H3/b19-11-. The fourth-order valence-corrected chi connectivity index (χ4v) is 3.97. The molecular formula is C27H19Cl2N5O2. The van der Waals surface area contributed by atoms with Crippen molar-refractivity contribution < 1.29 is 9.47 Å². The molecule has 0 saturated carbocycles. The van der Waals surface area contributed by atoms with Gasteiger partial charge in [0.1, 0.15) is 35.8 Å². The zero-order valence-electron chi connectivity index (χ0n) is 19.1. The van der Waals surface area contributed by atoms with E-state index in [-0.39, 0.29) is 29.3 Å². The van der Waals surface area contributed by atoms with Gasteiger partial charge in [-0.1, -0.05) is 53.5 Å². The van der Waals surface area contributed by atoms with E-state index < -0.39 is 0 Å². The van der Waals surface area contributed by atoms with Crippen molar-refractivity contribution in [3.05, 3.63) is 99.2 Å². The zero-order chi connectivity index (χ0) is 25.7. The maximum atomic E-state index is 9.87. The Balaban J connectivity index is 1.65. The average Bonchev–Trinajstić information content (AvgIpc) is 3.23. The second-order valence-corrected chi connectivity index (χ2v) is 8.42. The van der Waals surface area contributed by atoms with Gasteiger partial charge in [-0.3, -0.25) is 0 Å². The van der Waals surface area contributed by atoms with Crippen LogP contribution in [0.25, 0.3) is 17.3 Å². The second-order valence-electron chi connectivity index (χ2n) is 7.57. The Morgan fingerprint density at radius 3 is 2.50 bits per heavy atom. The minimum absolute atomic E-state index is 0.124. The van der Waals surface area contributed by atoms with Gasteiger partial charge in [-0.05, 0) is 48.0 Å². The Morgan fingerprint density at radius 2 is 1.83 bits per heavy atom. The molecule has 0 saturated heterocycles. The predicted octanol–water partition coefficient (Wildman–Crippen LogP) is 6.28. The van der Waals surface area contributed by atoms with Crippen molar-refractivity contribution in [2.75, 3.05) is 12.8 Å². The molecule has 0 unspecified atom stereocenters. The summed E-state index contributed by atoms with van der Waals surface area (Å²) in [6.07, 6.45) is 1.61. The summed E-state index contributed by atoms with van der Waals surface area (Å²) >= 11 is 12.2. The molecule has 4 rings (SSSR count). The summed E-state index contributed by atoms with van der Waals surface area (Å²) in [5.41, 5.74) is 8.78. The summed E-state index contributed by atoms with van der Waals surface area (Å²) in [6.45, 7) is 0.215. The van der Waals surface area contributed by atoms with Crippen molar-refractivity contribution in [2.45, 2.75) is 6.61 Å². The van der Waals surface area contributed by atoms with Crippen LogP contribution in [0.1, 0.15) is 22.4 Å². The van der Waals surface area contributed by atoms with Gasteiger partial charge in [-0.25, -0.2) is 4.68 Å². The Bertz CT molecular complexity index is 1530. The predicted molar refractivity (Wildman–Crippen MR) is 140 cm³/mol. The highest BCUT2D eigenvalue weighted by Gasteiger charge is 2.20. The number of rotatable bonds is 7. The third-order valence-electron chi connectivity index (χ3n) is 5.31. The lowest BCUT2D eigenvalue weighted by molar-refractivity contribution is 0.284. The maximum absolute atomic E-state index is 9.87. The first-order valence-corrected chi connectivity index (χ1v) is 11.4. The number of nitrogens with two attached hydrogens (primary N) is 1. The van der Waals surface area contributed by atoms with E-state index >= 15 is 0 Å². The van der Waals surface area contributed by atoms with Gasteiger partial charge in [0.15, 0.2) is 11.5 Å². The number of halogens is 2. The number of aromatic nitrogens is 2. The van der Waals surface area contributed by atoms with E-state index in [1.807, 2.05) is 30.3 Å². The third-order valence-corrected chi connectivity index (χ3v) is 5.89. The van der Waals surface area contributed by atoms with Crippen LogP contribution in [0.5, 0.6) is 11.5 Å². The van der Waals surface area contributed by atoms with Crippen LogP contribution in [-0.2, 0) is 6.61 Å². The van der Waals surface area contributed by atoms with E-state index in [0.29, 0.717) is 32.8 Å². The number of para-hydroxylation sites is 1. The number of allylic oxidation sites excluding steroid dienone is 1. The summed E-state index contributed by atoms with van der Waals surface area (Å²) in [5.74, 6) is 1.11. The summed E-state index contributed by atoms with van der Waals surface area (Å²) in [6, 6.07) is 23.7. The Morgan fingerprint density at radius 1 is 1.06 bits per heavy atom. The zero-order valence-corrected chi connectivity index (χ0v) is 20.6. The number of nitrogen functional groups attached to an aromatic ring is 1. The summed E-state index contributed by atoms with van der Waals surface area (Å²) in [7, 11) is 1.52. The minimum atomic E-state index is 0.124. The lowest BCUT2D eigenvalue weighted by Gasteiger charge is -2.12. The molecule has 36 heavy (non-hydrogen) atoms. The molecule has 0 amide bonds. The van der Waals surface area contributed by atoms with Crippen LogP contribution in [0.2, 0.25) is 10.0 Å². The quantitative estimate of drug-likeness (QED) is 0.289. The monoisotopic (exact) mass is 515 g/mol. The molecule has 0 aliphatic rings. The van der Waals surface area contributed by atoms with Crippen molar-refractivity contribution in [1.29, 1.82) is 10.5 Å². The molecular weight excluding hydrogens is 497 g/mol. The number of nitriles is 2. The second kappa shape index (κ2) is 10.9. The van der Waals surface area contributed by atoms with Crippen molar-refractivity contribution in [1.82, 2.24) is 9.78 Å². The first-order valence-electron chi connectivity index (χ1n) is 10.7. The highest BCUT2D eigenvalue weighted by atomic mass is 35.5. The Kier molecular flexibility index (Phi) is 7.46. The normalized spacial score (nSPS) is 11.0. The van der Waals surface area contributed by atoms with Gasteiger partial charge in [0.05, 0.1) is 18.4 Å². The van der Waals surface area contributed by atoms with Crippen LogP contribution in [0, 0.1) is 22.7 Å². The largest absolute Gasteiger partial charge is 0.493 e. The van der Waals surface area contributed by atoms with Crippen molar-refractivity contribution in [3.63, 3.8) is 0 Å². The van der Waals surface area contributed by atoms with E-state index in [2.05, 4.69) is 17.2 Å². The van der Waals surface area contributed by atoms with Crippen LogP contribution in [0.3, 0.4) is 0 Å². The lowest BCUT2D eigenvalue weighted by Crippen LogP contribution is -2.02. The first kappa shape index (κ1) is 24.7. The Hall–Kier alpha value is -4.43. The molecule has 9 heteroatoms. The van der Waals surface area contributed by atoms with Crippen molar-refractivity contribution in [3.8, 4) is 29.3 Å². The highest BCUT2D eigenvalue weighted by Crippen LogP contribution is 2.32.